The Labute approximate surface area is 104 Å². The second kappa shape index (κ2) is 6.98. The van der Waals surface area contributed by atoms with Gasteiger partial charge in [-0.25, -0.2) is 0 Å². The van der Waals surface area contributed by atoms with E-state index in [1.54, 1.807) is 12.1 Å². The number of nitrogens with zero attached hydrogens (tertiary/aromatic N) is 1. The predicted molar refractivity (Wildman–Crippen MR) is 64.5 cm³/mol. The SMILES string of the molecule is COC(=O)CCc1ccc(NC(=O)C=[N+]=N)cc1. The standard InChI is InChI=1S/C12H13N3O3/c1-18-12(17)7-4-9-2-5-10(6-3-9)15-11(16)8-14-13/h2-3,5-6,8,13H,4,7H2,1H3/p+1. The Morgan fingerprint density at radius 2 is 2.06 bits per heavy atom. The fourth-order valence-corrected chi connectivity index (χ4v) is 1.34. The number of aryl methyl sites for hydroxylation is 1. The highest BCUT2D eigenvalue weighted by molar-refractivity contribution is 6.29. The van der Waals surface area contributed by atoms with Crippen LogP contribution in [-0.4, -0.2) is 30.0 Å². The molecule has 0 aliphatic carbocycles. The average Bonchev–Trinajstić information content (AvgIpc) is 2.37. The van der Waals surface area contributed by atoms with Crippen LogP contribution in [0.15, 0.2) is 24.3 Å². The minimum Gasteiger partial charge on any atom is -0.469 e. The molecule has 0 aliphatic heterocycles. The van der Waals surface area contributed by atoms with E-state index in [1.165, 1.54) is 7.11 Å². The van der Waals surface area contributed by atoms with Crippen molar-refractivity contribution >= 4 is 23.8 Å². The lowest BCUT2D eigenvalue weighted by molar-refractivity contribution is -0.140. The topological polar surface area (TPSA) is 93.3 Å². The van der Waals surface area contributed by atoms with Crippen molar-refractivity contribution in [2.24, 2.45) is 0 Å². The van der Waals surface area contributed by atoms with Crippen molar-refractivity contribution in [2.75, 3.05) is 12.4 Å². The highest BCUT2D eigenvalue weighted by Crippen LogP contribution is 2.11. The molecule has 1 rings (SSSR count). The number of ether oxygens (including phenoxy) is 1. The number of anilines is 1. The Morgan fingerprint density at radius 3 is 2.61 bits per heavy atom. The second-order valence-electron chi connectivity index (χ2n) is 3.52. The van der Waals surface area contributed by atoms with Crippen LogP contribution < -0.4 is 5.32 Å². The van der Waals surface area contributed by atoms with Gasteiger partial charge in [0, 0.05) is 12.1 Å². The monoisotopic (exact) mass is 248 g/mol. The molecule has 0 fully saturated rings. The van der Waals surface area contributed by atoms with E-state index >= 15 is 0 Å². The van der Waals surface area contributed by atoms with E-state index in [1.807, 2.05) is 12.1 Å². The zero-order chi connectivity index (χ0) is 13.4. The Balaban J connectivity index is 2.54. The number of methoxy groups -OCH3 is 1. The second-order valence-corrected chi connectivity index (χ2v) is 3.52. The van der Waals surface area contributed by atoms with Crippen molar-refractivity contribution in [3.05, 3.63) is 29.8 Å². The lowest BCUT2D eigenvalue weighted by Crippen LogP contribution is -2.12. The molecule has 0 unspecified atom stereocenters. The van der Waals surface area contributed by atoms with Gasteiger partial charge in [-0.15, -0.1) is 0 Å². The highest BCUT2D eigenvalue weighted by atomic mass is 16.5. The molecule has 6 heteroatoms. The summed E-state index contributed by atoms with van der Waals surface area (Å²) in [5.41, 5.74) is 8.10. The average molecular weight is 248 g/mol. The van der Waals surface area contributed by atoms with E-state index in [0.29, 0.717) is 18.5 Å². The number of carbonyl (C=O) groups is 2. The van der Waals surface area contributed by atoms with Gasteiger partial charge in [-0.1, -0.05) is 12.1 Å². The number of hydrogen-bond acceptors (Lipinski definition) is 4. The van der Waals surface area contributed by atoms with Crippen LogP contribution >= 0.6 is 0 Å². The number of hydrogen-bond donors (Lipinski definition) is 2. The van der Waals surface area contributed by atoms with Crippen LogP contribution in [0.3, 0.4) is 0 Å². The van der Waals surface area contributed by atoms with Gasteiger partial charge >= 0.3 is 18.1 Å². The summed E-state index contributed by atoms with van der Waals surface area (Å²) < 4.78 is 4.55. The molecule has 1 aromatic carbocycles. The van der Waals surface area contributed by atoms with Crippen LogP contribution in [0.25, 0.3) is 0 Å². The van der Waals surface area contributed by atoms with Gasteiger partial charge in [0.1, 0.15) is 0 Å². The first-order chi connectivity index (χ1) is 8.65. The fourth-order valence-electron chi connectivity index (χ4n) is 1.34. The smallest absolute Gasteiger partial charge is 0.394 e. The number of rotatable bonds is 5. The maximum Gasteiger partial charge on any atom is 0.394 e. The molecule has 1 aromatic rings. The molecule has 0 aliphatic rings. The van der Waals surface area contributed by atoms with Crippen LogP contribution in [-0.2, 0) is 20.7 Å². The van der Waals surface area contributed by atoms with Gasteiger partial charge < -0.3 is 10.1 Å². The van der Waals surface area contributed by atoms with Crippen LogP contribution in [0, 0.1) is 5.53 Å². The Hall–Kier alpha value is -2.46. The molecular weight excluding hydrogens is 234 g/mol. The van der Waals surface area contributed by atoms with Crippen molar-refractivity contribution in [1.82, 2.24) is 0 Å². The minimum atomic E-state index is -0.452. The Kier molecular flexibility index (Phi) is 5.28. The van der Waals surface area contributed by atoms with Crippen molar-refractivity contribution in [3.8, 4) is 0 Å². The normalized spacial score (nSPS) is 9.17. The van der Waals surface area contributed by atoms with Crippen molar-refractivity contribution < 1.29 is 19.1 Å². The summed E-state index contributed by atoms with van der Waals surface area (Å²) in [5.74, 6) is -0.702. The van der Waals surface area contributed by atoms with Gasteiger partial charge in [0.25, 0.3) is 0 Å². The highest BCUT2D eigenvalue weighted by Gasteiger charge is 2.05. The quantitative estimate of drug-likeness (QED) is 0.353. The van der Waals surface area contributed by atoms with E-state index in [-0.39, 0.29) is 5.97 Å². The van der Waals surface area contributed by atoms with Gasteiger partial charge in [-0.2, -0.15) is 0 Å². The molecule has 0 bridgehead atoms. The van der Waals surface area contributed by atoms with E-state index in [0.717, 1.165) is 11.8 Å². The Morgan fingerprint density at radius 1 is 1.39 bits per heavy atom. The molecule has 0 saturated carbocycles. The van der Waals surface area contributed by atoms with Crippen molar-refractivity contribution in [2.45, 2.75) is 12.8 Å². The van der Waals surface area contributed by atoms with Crippen LogP contribution in [0.1, 0.15) is 12.0 Å². The summed E-state index contributed by atoms with van der Waals surface area (Å²) in [5, 5.41) is 2.55. The number of benzene rings is 1. The molecule has 2 N–H and O–H groups in total. The van der Waals surface area contributed by atoms with Gasteiger partial charge in [0.2, 0.25) is 0 Å². The van der Waals surface area contributed by atoms with Gasteiger partial charge in [-0.05, 0) is 24.1 Å². The maximum atomic E-state index is 11.1. The summed E-state index contributed by atoms with van der Waals surface area (Å²) in [6.07, 6.45) is 1.80. The Bertz CT molecular complexity index is 476. The molecule has 94 valence electrons. The third-order valence-corrected chi connectivity index (χ3v) is 2.25. The molecule has 0 atom stereocenters. The van der Waals surface area contributed by atoms with E-state index in [9.17, 15) is 9.59 Å². The number of nitrogens with one attached hydrogen (secondary N) is 2. The van der Waals surface area contributed by atoms with E-state index in [4.69, 9.17) is 5.53 Å². The van der Waals surface area contributed by atoms with Gasteiger partial charge in [-0.3, -0.25) is 9.59 Å². The molecular formula is C12H14N3O3+. The summed E-state index contributed by atoms with van der Waals surface area (Å²) in [6, 6.07) is 7.08. The first kappa shape index (κ1) is 13.6. The van der Waals surface area contributed by atoms with Crippen molar-refractivity contribution in [3.63, 3.8) is 0 Å². The molecule has 1 amide bonds. The lowest BCUT2D eigenvalue weighted by Gasteiger charge is -2.03. The molecule has 0 spiro atoms. The van der Waals surface area contributed by atoms with Gasteiger partial charge in [0.15, 0.2) is 0 Å². The molecule has 0 saturated heterocycles. The summed E-state index contributed by atoms with van der Waals surface area (Å²) in [4.78, 5) is 24.9. The van der Waals surface area contributed by atoms with Crippen molar-refractivity contribution in [1.29, 1.82) is 5.53 Å². The largest absolute Gasteiger partial charge is 0.469 e. The maximum absolute atomic E-state index is 11.1. The third-order valence-electron chi connectivity index (χ3n) is 2.25. The van der Waals surface area contributed by atoms with Crippen LogP contribution in [0.4, 0.5) is 5.69 Å². The summed E-state index contributed by atoms with van der Waals surface area (Å²) in [6.45, 7) is 0. The summed E-state index contributed by atoms with van der Waals surface area (Å²) >= 11 is 0. The van der Waals surface area contributed by atoms with E-state index < -0.39 is 5.91 Å². The molecule has 0 radical (unpaired) electrons. The van der Waals surface area contributed by atoms with Crippen LogP contribution in [0.2, 0.25) is 0 Å². The number of carbonyl (C=O) groups excluding carboxylic acids is 2. The molecule has 18 heavy (non-hydrogen) atoms. The molecule has 0 aromatic heterocycles. The van der Waals surface area contributed by atoms with Crippen LogP contribution in [0.5, 0.6) is 0 Å². The number of amides is 1. The molecule has 0 heterocycles. The predicted octanol–water partition coefficient (Wildman–Crippen LogP) is 1.04. The zero-order valence-corrected chi connectivity index (χ0v) is 9.97. The first-order valence-electron chi connectivity index (χ1n) is 5.32. The first-order valence-corrected chi connectivity index (χ1v) is 5.32. The third kappa shape index (κ3) is 4.59. The summed E-state index contributed by atoms with van der Waals surface area (Å²) in [7, 11) is 1.36. The number of esters is 1. The minimum absolute atomic E-state index is 0.251. The van der Waals surface area contributed by atoms with E-state index in [2.05, 4.69) is 14.8 Å². The molecule has 6 nitrogen and oxygen atoms in total. The fraction of sp³-hybridized carbons (Fsp3) is 0.250. The lowest BCUT2D eigenvalue weighted by atomic mass is 10.1. The zero-order valence-electron chi connectivity index (χ0n) is 9.97. The van der Waals surface area contributed by atoms with Gasteiger partial charge in [0.05, 0.1) is 17.4 Å².